The molecule has 2 rings (SSSR count). The number of aryl methyl sites for hydroxylation is 1. The van der Waals surface area contributed by atoms with Gasteiger partial charge in [0.1, 0.15) is 0 Å². The Labute approximate surface area is 118 Å². The molecule has 1 amide bonds. The molecule has 0 aliphatic heterocycles. The smallest absolute Gasteiger partial charge is 0.227 e. The van der Waals surface area contributed by atoms with Crippen LogP contribution in [0.3, 0.4) is 0 Å². The summed E-state index contributed by atoms with van der Waals surface area (Å²) in [5.41, 5.74) is 1.13. The zero-order valence-corrected chi connectivity index (χ0v) is 11.6. The van der Waals surface area contributed by atoms with Gasteiger partial charge in [0.25, 0.3) is 0 Å². The van der Waals surface area contributed by atoms with Gasteiger partial charge < -0.3 is 10.4 Å². The first kappa shape index (κ1) is 14.2. The van der Waals surface area contributed by atoms with E-state index in [0.717, 1.165) is 11.1 Å². The molecule has 4 heteroatoms. The Hall–Kier alpha value is -2.20. The van der Waals surface area contributed by atoms with Gasteiger partial charge in [0.2, 0.25) is 5.91 Å². The van der Waals surface area contributed by atoms with Crippen LogP contribution in [0.1, 0.15) is 24.5 Å². The molecule has 1 aromatic carbocycles. The molecule has 1 heterocycles. The Bertz CT molecular complexity index is 594. The predicted octanol–water partition coefficient (Wildman–Crippen LogP) is 2.63. The van der Waals surface area contributed by atoms with Gasteiger partial charge in [0, 0.05) is 6.20 Å². The molecule has 104 valence electrons. The summed E-state index contributed by atoms with van der Waals surface area (Å²) in [5, 5.41) is 13.2. The SMILES string of the molecule is Cc1ccncc1NC(=O)CC(C)(O)c1ccccc1. The number of rotatable bonds is 4. The fourth-order valence-electron chi connectivity index (χ4n) is 2.00. The van der Waals surface area contributed by atoms with Crippen LogP contribution in [-0.4, -0.2) is 16.0 Å². The first-order valence-electron chi connectivity index (χ1n) is 6.47. The van der Waals surface area contributed by atoms with Gasteiger partial charge in [-0.25, -0.2) is 0 Å². The van der Waals surface area contributed by atoms with Crippen molar-refractivity contribution in [2.24, 2.45) is 0 Å². The average Bonchev–Trinajstić information content (AvgIpc) is 2.42. The lowest BCUT2D eigenvalue weighted by molar-refractivity contribution is -0.120. The molecule has 0 fully saturated rings. The van der Waals surface area contributed by atoms with Crippen molar-refractivity contribution in [1.29, 1.82) is 0 Å². The summed E-state index contributed by atoms with van der Waals surface area (Å²) in [4.78, 5) is 16.0. The van der Waals surface area contributed by atoms with Crippen LogP contribution in [0.4, 0.5) is 5.69 Å². The van der Waals surface area contributed by atoms with Crippen LogP contribution in [0.25, 0.3) is 0 Å². The molecule has 20 heavy (non-hydrogen) atoms. The lowest BCUT2D eigenvalue weighted by Crippen LogP contribution is -2.28. The molecule has 0 saturated heterocycles. The monoisotopic (exact) mass is 270 g/mol. The highest BCUT2D eigenvalue weighted by atomic mass is 16.3. The van der Waals surface area contributed by atoms with Crippen LogP contribution in [-0.2, 0) is 10.4 Å². The number of aromatic nitrogens is 1. The first-order chi connectivity index (χ1) is 9.49. The zero-order chi connectivity index (χ0) is 14.6. The van der Waals surface area contributed by atoms with Gasteiger partial charge in [-0.15, -0.1) is 0 Å². The Morgan fingerprint density at radius 1 is 1.30 bits per heavy atom. The Kier molecular flexibility index (Phi) is 4.15. The highest BCUT2D eigenvalue weighted by Gasteiger charge is 2.26. The van der Waals surface area contributed by atoms with Crippen molar-refractivity contribution in [3.8, 4) is 0 Å². The molecular formula is C16H18N2O2. The largest absolute Gasteiger partial charge is 0.385 e. The number of aliphatic hydroxyl groups is 1. The molecule has 0 aliphatic carbocycles. The normalized spacial score (nSPS) is 13.6. The lowest BCUT2D eigenvalue weighted by Gasteiger charge is -2.23. The second kappa shape index (κ2) is 5.84. The van der Waals surface area contributed by atoms with Crippen molar-refractivity contribution < 1.29 is 9.90 Å². The molecule has 2 aromatic rings. The van der Waals surface area contributed by atoms with E-state index in [1.54, 1.807) is 19.3 Å². The Morgan fingerprint density at radius 2 is 2.00 bits per heavy atom. The number of carbonyl (C=O) groups is 1. The topological polar surface area (TPSA) is 62.2 Å². The van der Waals surface area contributed by atoms with Gasteiger partial charge in [-0.1, -0.05) is 30.3 Å². The summed E-state index contributed by atoms with van der Waals surface area (Å²) >= 11 is 0. The fourth-order valence-corrected chi connectivity index (χ4v) is 2.00. The highest BCUT2D eigenvalue weighted by molar-refractivity contribution is 5.92. The molecule has 0 saturated carbocycles. The molecule has 1 aromatic heterocycles. The number of hydrogen-bond donors (Lipinski definition) is 2. The zero-order valence-electron chi connectivity index (χ0n) is 11.6. The molecule has 0 bridgehead atoms. The maximum absolute atomic E-state index is 12.1. The number of hydrogen-bond acceptors (Lipinski definition) is 3. The quantitative estimate of drug-likeness (QED) is 0.897. The molecule has 4 nitrogen and oxygen atoms in total. The molecule has 0 spiro atoms. The maximum Gasteiger partial charge on any atom is 0.227 e. The number of benzene rings is 1. The van der Waals surface area contributed by atoms with E-state index >= 15 is 0 Å². The molecular weight excluding hydrogens is 252 g/mol. The number of carbonyl (C=O) groups excluding carboxylic acids is 1. The third-order valence-electron chi connectivity index (χ3n) is 3.21. The highest BCUT2D eigenvalue weighted by Crippen LogP contribution is 2.25. The van der Waals surface area contributed by atoms with E-state index in [9.17, 15) is 9.90 Å². The van der Waals surface area contributed by atoms with E-state index in [-0.39, 0.29) is 12.3 Å². The van der Waals surface area contributed by atoms with Crippen molar-refractivity contribution in [2.45, 2.75) is 25.9 Å². The summed E-state index contributed by atoms with van der Waals surface area (Å²) in [5.74, 6) is -0.241. The maximum atomic E-state index is 12.1. The predicted molar refractivity (Wildman–Crippen MR) is 78.2 cm³/mol. The second-order valence-corrected chi connectivity index (χ2v) is 5.06. The number of nitrogens with one attached hydrogen (secondary N) is 1. The fraction of sp³-hybridized carbons (Fsp3) is 0.250. The first-order valence-corrected chi connectivity index (χ1v) is 6.47. The molecule has 2 N–H and O–H groups in total. The summed E-state index contributed by atoms with van der Waals surface area (Å²) in [6.07, 6.45) is 3.26. The standard InChI is InChI=1S/C16H18N2O2/c1-12-8-9-17-11-14(12)18-15(19)10-16(2,20)13-6-4-3-5-7-13/h3-9,11,20H,10H2,1-2H3,(H,18,19). The number of amides is 1. The van der Waals surface area contributed by atoms with Gasteiger partial charge in [0.05, 0.1) is 23.9 Å². The molecule has 0 radical (unpaired) electrons. The van der Waals surface area contributed by atoms with E-state index in [1.807, 2.05) is 43.3 Å². The summed E-state index contributed by atoms with van der Waals surface area (Å²) in [6, 6.07) is 11.0. The minimum atomic E-state index is -1.19. The van der Waals surface area contributed by atoms with Crippen LogP contribution in [0.15, 0.2) is 48.8 Å². The number of anilines is 1. The van der Waals surface area contributed by atoms with Crippen molar-refractivity contribution >= 4 is 11.6 Å². The summed E-state index contributed by atoms with van der Waals surface area (Å²) < 4.78 is 0. The van der Waals surface area contributed by atoms with Crippen LogP contribution in [0, 0.1) is 6.92 Å². The van der Waals surface area contributed by atoms with Gasteiger partial charge in [0.15, 0.2) is 0 Å². The molecule has 0 aliphatic rings. The van der Waals surface area contributed by atoms with E-state index in [2.05, 4.69) is 10.3 Å². The summed E-state index contributed by atoms with van der Waals surface area (Å²) in [6.45, 7) is 3.53. The molecule has 1 unspecified atom stereocenters. The van der Waals surface area contributed by atoms with E-state index in [4.69, 9.17) is 0 Å². The van der Waals surface area contributed by atoms with Crippen LogP contribution >= 0.6 is 0 Å². The van der Waals surface area contributed by atoms with E-state index in [0.29, 0.717) is 5.69 Å². The van der Waals surface area contributed by atoms with Gasteiger partial charge >= 0.3 is 0 Å². The minimum Gasteiger partial charge on any atom is -0.385 e. The van der Waals surface area contributed by atoms with Gasteiger partial charge in [-0.05, 0) is 31.0 Å². The van der Waals surface area contributed by atoms with Crippen LogP contribution < -0.4 is 5.32 Å². The Balaban J connectivity index is 2.07. The minimum absolute atomic E-state index is 0.00858. The lowest BCUT2D eigenvalue weighted by atomic mass is 9.92. The third-order valence-corrected chi connectivity index (χ3v) is 3.21. The van der Waals surface area contributed by atoms with Crippen LogP contribution in [0.5, 0.6) is 0 Å². The Morgan fingerprint density at radius 3 is 2.65 bits per heavy atom. The van der Waals surface area contributed by atoms with E-state index in [1.165, 1.54) is 0 Å². The van der Waals surface area contributed by atoms with Crippen molar-refractivity contribution in [2.75, 3.05) is 5.32 Å². The van der Waals surface area contributed by atoms with Crippen molar-refractivity contribution in [1.82, 2.24) is 4.98 Å². The second-order valence-electron chi connectivity index (χ2n) is 5.06. The van der Waals surface area contributed by atoms with Crippen LogP contribution in [0.2, 0.25) is 0 Å². The van der Waals surface area contributed by atoms with E-state index < -0.39 is 5.60 Å². The van der Waals surface area contributed by atoms with Crippen molar-refractivity contribution in [3.05, 3.63) is 59.9 Å². The number of nitrogens with zero attached hydrogens (tertiary/aromatic N) is 1. The molecule has 1 atom stereocenters. The summed E-state index contributed by atoms with van der Waals surface area (Å²) in [7, 11) is 0. The van der Waals surface area contributed by atoms with Gasteiger partial charge in [-0.3, -0.25) is 9.78 Å². The number of pyridine rings is 1. The van der Waals surface area contributed by atoms with Gasteiger partial charge in [-0.2, -0.15) is 0 Å². The van der Waals surface area contributed by atoms with Crippen molar-refractivity contribution in [3.63, 3.8) is 0 Å². The average molecular weight is 270 g/mol. The third kappa shape index (κ3) is 3.42.